The molecule has 0 aliphatic carbocycles. The first-order chi connectivity index (χ1) is 18.2. The van der Waals surface area contributed by atoms with Crippen LogP contribution in [0.15, 0.2) is 65.4 Å². The van der Waals surface area contributed by atoms with Gasteiger partial charge in [-0.15, -0.1) is 0 Å². The molecule has 5 heterocycles. The first-order valence-electron chi connectivity index (χ1n) is 12.9. The van der Waals surface area contributed by atoms with Crippen LogP contribution in [0, 0.1) is 5.92 Å². The van der Waals surface area contributed by atoms with Crippen LogP contribution in [-0.4, -0.2) is 66.0 Å². The van der Waals surface area contributed by atoms with Crippen LogP contribution in [0.1, 0.15) is 18.4 Å². The van der Waals surface area contributed by atoms with E-state index in [9.17, 15) is 0 Å². The number of methoxy groups -OCH3 is 1. The predicted molar refractivity (Wildman–Crippen MR) is 142 cm³/mol. The second-order valence-corrected chi connectivity index (χ2v) is 9.80. The van der Waals surface area contributed by atoms with Crippen molar-refractivity contribution in [1.29, 1.82) is 0 Å². The number of ether oxygens (including phenoxy) is 2. The van der Waals surface area contributed by atoms with Crippen LogP contribution in [0.25, 0.3) is 11.0 Å². The van der Waals surface area contributed by atoms with Gasteiger partial charge in [-0.25, -0.2) is 9.97 Å². The summed E-state index contributed by atoms with van der Waals surface area (Å²) in [4.78, 5) is 13.7. The molecule has 192 valence electrons. The quantitative estimate of drug-likeness (QED) is 0.382. The summed E-state index contributed by atoms with van der Waals surface area (Å²) in [7, 11) is 1.61. The molecule has 3 aromatic heterocycles. The average molecular weight is 501 g/mol. The minimum absolute atomic E-state index is 0.515. The average Bonchev–Trinajstić information content (AvgIpc) is 3.40. The van der Waals surface area contributed by atoms with Gasteiger partial charge in [-0.1, -0.05) is 23.4 Å². The van der Waals surface area contributed by atoms with Crippen molar-refractivity contribution in [3.05, 3.63) is 66.5 Å². The summed E-state index contributed by atoms with van der Waals surface area (Å²) < 4.78 is 16.7. The van der Waals surface area contributed by atoms with Crippen LogP contribution < -0.4 is 19.7 Å². The highest BCUT2D eigenvalue weighted by Crippen LogP contribution is 2.31. The van der Waals surface area contributed by atoms with E-state index in [0.29, 0.717) is 36.9 Å². The monoisotopic (exact) mass is 500 g/mol. The lowest BCUT2D eigenvalue weighted by Gasteiger charge is -2.46. The summed E-state index contributed by atoms with van der Waals surface area (Å²) in [5.74, 6) is 2.77. The molecule has 0 amide bonds. The normalized spacial score (nSPS) is 20.0. The summed E-state index contributed by atoms with van der Waals surface area (Å²) in [6.07, 6.45) is 5.95. The molecule has 6 rings (SSSR count). The van der Waals surface area contributed by atoms with Gasteiger partial charge in [0, 0.05) is 63.0 Å². The third-order valence-electron chi connectivity index (χ3n) is 7.37. The van der Waals surface area contributed by atoms with Gasteiger partial charge >= 0.3 is 0 Å². The van der Waals surface area contributed by atoms with Crippen LogP contribution in [0.5, 0.6) is 11.8 Å². The Bertz CT molecular complexity index is 1310. The van der Waals surface area contributed by atoms with Crippen LogP contribution in [0.4, 0.5) is 11.5 Å². The number of benzene rings is 1. The molecule has 2 fully saturated rings. The van der Waals surface area contributed by atoms with Gasteiger partial charge in [0.05, 0.1) is 31.0 Å². The minimum Gasteiger partial charge on any atom is -0.481 e. The lowest BCUT2D eigenvalue weighted by atomic mass is 9.91. The van der Waals surface area contributed by atoms with Crippen LogP contribution in [0.2, 0.25) is 0 Å². The molecule has 9 heteroatoms. The molecule has 2 aliphatic rings. The molecule has 0 unspecified atom stereocenters. The minimum atomic E-state index is 0.515. The fourth-order valence-electron chi connectivity index (χ4n) is 5.30. The van der Waals surface area contributed by atoms with Gasteiger partial charge in [0.2, 0.25) is 11.8 Å². The fraction of sp³-hybridized carbons (Fsp3) is 0.393. The lowest BCUT2D eigenvalue weighted by Crippen LogP contribution is -2.57. The van der Waals surface area contributed by atoms with Crippen molar-refractivity contribution in [2.75, 3.05) is 50.1 Å². The van der Waals surface area contributed by atoms with Crippen molar-refractivity contribution < 1.29 is 14.0 Å². The molecule has 0 bridgehead atoms. The smallest absolute Gasteiger partial charge is 0.213 e. The first kappa shape index (κ1) is 23.5. The van der Waals surface area contributed by atoms with Crippen molar-refractivity contribution in [3.63, 3.8) is 0 Å². The van der Waals surface area contributed by atoms with Gasteiger partial charge in [-0.05, 0) is 36.6 Å². The van der Waals surface area contributed by atoms with Crippen molar-refractivity contribution in [2.24, 2.45) is 5.92 Å². The van der Waals surface area contributed by atoms with E-state index in [4.69, 9.17) is 14.0 Å². The van der Waals surface area contributed by atoms with E-state index in [1.54, 1.807) is 13.3 Å². The van der Waals surface area contributed by atoms with Crippen molar-refractivity contribution in [1.82, 2.24) is 20.0 Å². The van der Waals surface area contributed by atoms with Gasteiger partial charge in [-0.3, -0.25) is 4.90 Å². The largest absolute Gasteiger partial charge is 0.481 e. The Morgan fingerprint density at radius 1 is 0.973 bits per heavy atom. The Labute approximate surface area is 216 Å². The molecule has 2 atom stereocenters. The molecule has 1 N–H and O–H groups in total. The number of piperazine rings is 1. The maximum absolute atomic E-state index is 6.08. The SMILES string of the molecule is COc1ccc(NCc2ccc(OC[C@@H]3CC[C@H]4CN(c5noc6ccccc56)CCN4C3)nc2)cn1. The van der Waals surface area contributed by atoms with Crippen molar-refractivity contribution >= 4 is 22.5 Å². The Hall–Kier alpha value is -3.85. The number of nitrogens with zero attached hydrogens (tertiary/aromatic N) is 5. The van der Waals surface area contributed by atoms with Crippen molar-refractivity contribution in [2.45, 2.75) is 25.4 Å². The van der Waals surface area contributed by atoms with E-state index in [-0.39, 0.29) is 0 Å². The number of fused-ring (bicyclic) bond motifs is 2. The highest BCUT2D eigenvalue weighted by Gasteiger charge is 2.34. The number of rotatable bonds is 8. The van der Waals surface area contributed by atoms with E-state index < -0.39 is 0 Å². The van der Waals surface area contributed by atoms with Gasteiger partial charge < -0.3 is 24.2 Å². The van der Waals surface area contributed by atoms with Crippen LogP contribution in [0.3, 0.4) is 0 Å². The predicted octanol–water partition coefficient (Wildman–Crippen LogP) is 4.22. The molecule has 2 aliphatic heterocycles. The van der Waals surface area contributed by atoms with Gasteiger partial charge in [0.25, 0.3) is 0 Å². The fourth-order valence-corrected chi connectivity index (χ4v) is 5.30. The molecule has 0 spiro atoms. The van der Waals surface area contributed by atoms with Gasteiger partial charge in [0.15, 0.2) is 11.4 Å². The van der Waals surface area contributed by atoms with E-state index in [0.717, 1.165) is 60.6 Å². The molecular formula is C28H32N6O3. The zero-order valence-electron chi connectivity index (χ0n) is 21.0. The number of hydrogen-bond acceptors (Lipinski definition) is 9. The Morgan fingerprint density at radius 3 is 2.70 bits per heavy atom. The summed E-state index contributed by atoms with van der Waals surface area (Å²) in [5, 5.41) is 8.82. The van der Waals surface area contributed by atoms with Crippen molar-refractivity contribution in [3.8, 4) is 11.8 Å². The molecule has 0 radical (unpaired) electrons. The van der Waals surface area contributed by atoms with Crippen LogP contribution >= 0.6 is 0 Å². The number of hydrogen-bond donors (Lipinski definition) is 1. The number of piperidine rings is 1. The molecular weight excluding hydrogens is 468 g/mol. The standard InChI is InChI=1S/C28H32N6O3/c1-35-26-11-8-22(16-31-26)29-14-20-7-10-27(30-15-20)36-19-21-6-9-23-18-34(13-12-33(23)17-21)28-24-4-2-3-5-25(24)37-32-28/h2-5,7-8,10-11,15-16,21,23,29H,6,9,12-14,17-19H2,1H3/t21-,23+/m1/s1. The summed E-state index contributed by atoms with van der Waals surface area (Å²) in [6, 6.07) is 16.4. The third kappa shape index (κ3) is 5.32. The topological polar surface area (TPSA) is 88.8 Å². The zero-order valence-corrected chi connectivity index (χ0v) is 21.0. The molecule has 0 saturated carbocycles. The molecule has 1 aromatic carbocycles. The zero-order chi connectivity index (χ0) is 25.0. The number of para-hydroxylation sites is 1. The summed E-state index contributed by atoms with van der Waals surface area (Å²) in [5.41, 5.74) is 2.88. The summed E-state index contributed by atoms with van der Waals surface area (Å²) in [6.45, 7) is 5.42. The number of pyridine rings is 2. The van der Waals surface area contributed by atoms with E-state index in [2.05, 4.69) is 42.4 Å². The third-order valence-corrected chi connectivity index (χ3v) is 7.37. The summed E-state index contributed by atoms with van der Waals surface area (Å²) >= 11 is 0. The highest BCUT2D eigenvalue weighted by atomic mass is 16.5. The van der Waals surface area contributed by atoms with Crippen LogP contribution in [-0.2, 0) is 6.54 Å². The number of anilines is 2. The molecule has 4 aromatic rings. The molecule has 2 saturated heterocycles. The Morgan fingerprint density at radius 2 is 1.86 bits per heavy atom. The van der Waals surface area contributed by atoms with E-state index in [1.807, 2.05) is 42.6 Å². The van der Waals surface area contributed by atoms with E-state index in [1.165, 1.54) is 6.42 Å². The van der Waals surface area contributed by atoms with Gasteiger partial charge in [0.1, 0.15) is 0 Å². The van der Waals surface area contributed by atoms with E-state index >= 15 is 0 Å². The number of aromatic nitrogens is 3. The number of nitrogens with one attached hydrogen (secondary N) is 1. The lowest BCUT2D eigenvalue weighted by molar-refractivity contribution is 0.0717. The first-order valence-corrected chi connectivity index (χ1v) is 12.9. The Kier molecular flexibility index (Phi) is 6.77. The second-order valence-electron chi connectivity index (χ2n) is 9.80. The highest BCUT2D eigenvalue weighted by molar-refractivity contribution is 5.88. The molecule has 37 heavy (non-hydrogen) atoms. The Balaban J connectivity index is 0.965. The second kappa shape index (κ2) is 10.6. The maximum atomic E-state index is 6.08. The van der Waals surface area contributed by atoms with Gasteiger partial charge in [-0.2, -0.15) is 0 Å². The maximum Gasteiger partial charge on any atom is 0.213 e. The molecule has 9 nitrogen and oxygen atoms in total.